The normalized spacial score (nSPS) is 14.8. The van der Waals surface area contributed by atoms with Gasteiger partial charge in [0.15, 0.2) is 9.84 Å². The molecule has 2 N–H and O–H groups in total. The van der Waals surface area contributed by atoms with Gasteiger partial charge in [0.05, 0.1) is 10.6 Å². The molecule has 0 heterocycles. The summed E-state index contributed by atoms with van der Waals surface area (Å²) in [6.45, 7) is 0.494. The molecule has 0 radical (unpaired) electrons. The van der Waals surface area contributed by atoms with Crippen LogP contribution < -0.4 is 10.5 Å². The van der Waals surface area contributed by atoms with Crippen molar-refractivity contribution in [3.63, 3.8) is 0 Å². The zero-order chi connectivity index (χ0) is 15.6. The molecule has 4 nitrogen and oxygen atoms in total. The smallest absolute Gasteiger partial charge is 0.178 e. The second-order valence-corrected chi connectivity index (χ2v) is 7.68. The fraction of sp³-hybridized carbons (Fsp3) is 0.294. The van der Waals surface area contributed by atoms with Crippen molar-refractivity contribution < 1.29 is 13.2 Å². The largest absolute Gasteiger partial charge is 0.457 e. The number of benzene rings is 2. The van der Waals surface area contributed by atoms with E-state index in [9.17, 15) is 8.42 Å². The van der Waals surface area contributed by atoms with Crippen LogP contribution in [0.5, 0.6) is 11.5 Å². The minimum atomic E-state index is -3.17. The Balaban J connectivity index is 1.70. The van der Waals surface area contributed by atoms with Gasteiger partial charge >= 0.3 is 0 Å². The monoisotopic (exact) mass is 317 g/mol. The third-order valence-electron chi connectivity index (χ3n) is 3.73. The summed E-state index contributed by atoms with van der Waals surface area (Å²) < 4.78 is 30.0. The van der Waals surface area contributed by atoms with Gasteiger partial charge < -0.3 is 10.5 Å². The van der Waals surface area contributed by atoms with Crippen molar-refractivity contribution in [2.75, 3.05) is 5.75 Å². The summed E-state index contributed by atoms with van der Waals surface area (Å²) in [5, 5.41) is 0. The maximum Gasteiger partial charge on any atom is 0.178 e. The van der Waals surface area contributed by atoms with E-state index < -0.39 is 9.84 Å². The molecule has 2 aromatic carbocycles. The fourth-order valence-electron chi connectivity index (χ4n) is 2.24. The molecular weight excluding hydrogens is 298 g/mol. The maximum atomic E-state index is 12.2. The van der Waals surface area contributed by atoms with Gasteiger partial charge in [-0.1, -0.05) is 12.1 Å². The van der Waals surface area contributed by atoms with Crippen LogP contribution >= 0.6 is 0 Å². The van der Waals surface area contributed by atoms with Crippen molar-refractivity contribution in [2.24, 2.45) is 11.7 Å². The molecule has 116 valence electrons. The summed E-state index contributed by atoms with van der Waals surface area (Å²) >= 11 is 0. The average molecular weight is 317 g/mol. The predicted octanol–water partition coefficient (Wildman–Crippen LogP) is 3.12. The van der Waals surface area contributed by atoms with Gasteiger partial charge in [-0.05, 0) is 60.7 Å². The SMILES string of the molecule is NCc1ccc(Oc2ccc(S(=O)(=O)CC3CC3)cc2)cc1. The van der Waals surface area contributed by atoms with Crippen molar-refractivity contribution in [2.45, 2.75) is 24.3 Å². The first kappa shape index (κ1) is 15.1. The lowest BCUT2D eigenvalue weighted by molar-refractivity contribution is 0.482. The topological polar surface area (TPSA) is 69.4 Å². The van der Waals surface area contributed by atoms with Crippen LogP contribution in [0.3, 0.4) is 0 Å². The van der Waals surface area contributed by atoms with Crippen LogP contribution in [-0.2, 0) is 16.4 Å². The van der Waals surface area contributed by atoms with Crippen molar-refractivity contribution in [3.05, 3.63) is 54.1 Å². The van der Waals surface area contributed by atoms with E-state index in [1.165, 1.54) is 0 Å². The van der Waals surface area contributed by atoms with E-state index in [4.69, 9.17) is 10.5 Å². The third kappa shape index (κ3) is 3.67. The Kier molecular flexibility index (Phi) is 4.18. The number of nitrogens with two attached hydrogens (primary N) is 1. The molecule has 1 aliphatic carbocycles. The molecule has 3 rings (SSSR count). The molecular formula is C17H19NO3S. The number of sulfone groups is 1. The quantitative estimate of drug-likeness (QED) is 0.888. The van der Waals surface area contributed by atoms with E-state index in [0.29, 0.717) is 28.9 Å². The molecule has 22 heavy (non-hydrogen) atoms. The van der Waals surface area contributed by atoms with E-state index in [1.54, 1.807) is 24.3 Å². The highest BCUT2D eigenvalue weighted by Gasteiger charge is 2.28. The standard InChI is InChI=1S/C17H19NO3S/c18-11-13-3-5-15(6-4-13)21-16-7-9-17(10-8-16)22(19,20)12-14-1-2-14/h3-10,14H,1-2,11-12,18H2. The lowest BCUT2D eigenvalue weighted by Crippen LogP contribution is -2.08. The van der Waals surface area contributed by atoms with Crippen LogP contribution in [-0.4, -0.2) is 14.2 Å². The highest BCUT2D eigenvalue weighted by atomic mass is 32.2. The summed E-state index contributed by atoms with van der Waals surface area (Å²) in [7, 11) is -3.17. The third-order valence-corrected chi connectivity index (χ3v) is 5.63. The molecule has 1 fully saturated rings. The zero-order valence-electron chi connectivity index (χ0n) is 12.2. The number of hydrogen-bond acceptors (Lipinski definition) is 4. The van der Waals surface area contributed by atoms with Crippen LogP contribution in [0.25, 0.3) is 0 Å². The maximum absolute atomic E-state index is 12.2. The predicted molar refractivity (Wildman–Crippen MR) is 85.6 cm³/mol. The molecule has 0 saturated heterocycles. The Hall–Kier alpha value is -1.85. The second-order valence-electron chi connectivity index (χ2n) is 5.65. The molecule has 2 aromatic rings. The van der Waals surface area contributed by atoms with Crippen molar-refractivity contribution in [1.29, 1.82) is 0 Å². The second kappa shape index (κ2) is 6.10. The Morgan fingerprint density at radius 3 is 2.00 bits per heavy atom. The number of ether oxygens (including phenoxy) is 1. The van der Waals surface area contributed by atoms with E-state index in [2.05, 4.69) is 0 Å². The Labute approximate surface area is 130 Å². The summed E-state index contributed by atoms with van der Waals surface area (Å²) in [6, 6.07) is 14.1. The van der Waals surface area contributed by atoms with Gasteiger partial charge in [0.25, 0.3) is 0 Å². The number of rotatable bonds is 6. The van der Waals surface area contributed by atoms with Gasteiger partial charge in [-0.2, -0.15) is 0 Å². The summed E-state index contributed by atoms with van der Waals surface area (Å²) in [5.41, 5.74) is 6.59. The van der Waals surface area contributed by atoms with Crippen molar-refractivity contribution >= 4 is 9.84 Å². The highest BCUT2D eigenvalue weighted by Crippen LogP contribution is 2.32. The first-order valence-corrected chi connectivity index (χ1v) is 9.02. The van der Waals surface area contributed by atoms with E-state index in [1.807, 2.05) is 24.3 Å². The summed E-state index contributed by atoms with van der Waals surface area (Å²) in [4.78, 5) is 0.366. The molecule has 0 bridgehead atoms. The zero-order valence-corrected chi connectivity index (χ0v) is 13.1. The molecule has 0 aliphatic heterocycles. The van der Waals surface area contributed by atoms with Crippen LogP contribution in [0.1, 0.15) is 18.4 Å². The van der Waals surface area contributed by atoms with Gasteiger partial charge in [0.2, 0.25) is 0 Å². The van der Waals surface area contributed by atoms with E-state index in [-0.39, 0.29) is 5.75 Å². The molecule has 0 amide bonds. The van der Waals surface area contributed by atoms with Gasteiger partial charge in [0, 0.05) is 6.54 Å². The number of hydrogen-bond donors (Lipinski definition) is 1. The molecule has 1 aliphatic rings. The minimum absolute atomic E-state index is 0.258. The van der Waals surface area contributed by atoms with Gasteiger partial charge in [-0.25, -0.2) is 8.42 Å². The van der Waals surface area contributed by atoms with Crippen LogP contribution in [0.4, 0.5) is 0 Å². The van der Waals surface area contributed by atoms with Gasteiger partial charge in [-0.15, -0.1) is 0 Å². The van der Waals surface area contributed by atoms with Crippen molar-refractivity contribution in [1.82, 2.24) is 0 Å². The lowest BCUT2D eigenvalue weighted by Gasteiger charge is -2.08. The lowest BCUT2D eigenvalue weighted by atomic mass is 10.2. The highest BCUT2D eigenvalue weighted by molar-refractivity contribution is 7.91. The van der Waals surface area contributed by atoms with Gasteiger partial charge in [0.1, 0.15) is 11.5 Å². The first-order valence-electron chi connectivity index (χ1n) is 7.36. The Bertz CT molecular complexity index is 732. The van der Waals surface area contributed by atoms with Crippen LogP contribution in [0, 0.1) is 5.92 Å². The molecule has 5 heteroatoms. The first-order chi connectivity index (χ1) is 10.6. The molecule has 0 atom stereocenters. The van der Waals surface area contributed by atoms with Gasteiger partial charge in [-0.3, -0.25) is 0 Å². The molecule has 0 aromatic heterocycles. The Morgan fingerprint density at radius 2 is 1.50 bits per heavy atom. The minimum Gasteiger partial charge on any atom is -0.457 e. The average Bonchev–Trinajstić information content (AvgIpc) is 3.32. The van der Waals surface area contributed by atoms with Crippen LogP contribution in [0.15, 0.2) is 53.4 Å². The summed E-state index contributed by atoms with van der Waals surface area (Å²) in [5.74, 6) is 1.92. The van der Waals surface area contributed by atoms with E-state index >= 15 is 0 Å². The van der Waals surface area contributed by atoms with Crippen LogP contribution in [0.2, 0.25) is 0 Å². The van der Waals surface area contributed by atoms with Crippen molar-refractivity contribution in [3.8, 4) is 11.5 Å². The summed E-state index contributed by atoms with van der Waals surface area (Å²) in [6.07, 6.45) is 2.05. The van der Waals surface area contributed by atoms with E-state index in [0.717, 1.165) is 18.4 Å². The molecule has 0 unspecified atom stereocenters. The molecule has 1 saturated carbocycles. The Morgan fingerprint density at radius 1 is 0.955 bits per heavy atom. The molecule has 0 spiro atoms. The fourth-order valence-corrected chi connectivity index (χ4v) is 3.93.